The summed E-state index contributed by atoms with van der Waals surface area (Å²) in [6, 6.07) is 6.66. The summed E-state index contributed by atoms with van der Waals surface area (Å²) >= 11 is 2.12. The summed E-state index contributed by atoms with van der Waals surface area (Å²) in [6.07, 6.45) is 3.23. The van der Waals surface area contributed by atoms with Gasteiger partial charge in [-0.2, -0.15) is 0 Å². The van der Waals surface area contributed by atoms with E-state index in [0.717, 1.165) is 3.57 Å². The van der Waals surface area contributed by atoms with E-state index in [0.29, 0.717) is 5.82 Å². The van der Waals surface area contributed by atoms with Crippen molar-refractivity contribution in [3.63, 3.8) is 0 Å². The van der Waals surface area contributed by atoms with Gasteiger partial charge < -0.3 is 4.98 Å². The summed E-state index contributed by atoms with van der Waals surface area (Å²) in [7, 11) is -3.47. The van der Waals surface area contributed by atoms with E-state index in [1.807, 2.05) is 0 Å². The molecule has 0 fully saturated rings. The van der Waals surface area contributed by atoms with Gasteiger partial charge in [-0.1, -0.05) is 0 Å². The van der Waals surface area contributed by atoms with E-state index in [-0.39, 0.29) is 11.4 Å². The van der Waals surface area contributed by atoms with Crippen molar-refractivity contribution in [1.29, 1.82) is 0 Å². The van der Waals surface area contributed by atoms with E-state index in [1.54, 1.807) is 36.7 Å². The number of sulfonamides is 1. The number of hydrogen-bond acceptors (Lipinski definition) is 3. The lowest BCUT2D eigenvalue weighted by Crippen LogP contribution is -2.23. The number of H-pyrrole nitrogens is 1. The Kier molecular flexibility index (Phi) is 3.79. The van der Waals surface area contributed by atoms with E-state index in [1.165, 1.54) is 0 Å². The van der Waals surface area contributed by atoms with Crippen LogP contribution in [0, 0.1) is 3.57 Å². The van der Waals surface area contributed by atoms with Crippen molar-refractivity contribution in [2.45, 2.75) is 11.4 Å². The highest BCUT2D eigenvalue weighted by molar-refractivity contribution is 14.1. The van der Waals surface area contributed by atoms with Crippen LogP contribution in [0.25, 0.3) is 0 Å². The lowest BCUT2D eigenvalue weighted by Gasteiger charge is -2.05. The zero-order chi connectivity index (χ0) is 12.3. The van der Waals surface area contributed by atoms with E-state index in [9.17, 15) is 8.42 Å². The fraction of sp³-hybridized carbons (Fsp3) is 0.100. The molecule has 0 aliphatic carbocycles. The SMILES string of the molecule is O=S(=O)(NCc1ncc[nH]1)c1ccc(I)cc1. The average molecular weight is 363 g/mol. The molecular formula is C10H10IN3O2S. The van der Waals surface area contributed by atoms with Crippen LogP contribution < -0.4 is 4.72 Å². The monoisotopic (exact) mass is 363 g/mol. The molecule has 0 saturated heterocycles. The van der Waals surface area contributed by atoms with Crippen molar-refractivity contribution >= 4 is 32.6 Å². The summed E-state index contributed by atoms with van der Waals surface area (Å²) in [4.78, 5) is 7.03. The number of nitrogens with one attached hydrogen (secondary N) is 2. The molecule has 0 bridgehead atoms. The van der Waals surface area contributed by atoms with Crippen LogP contribution in [0.5, 0.6) is 0 Å². The Hall–Kier alpha value is -0.930. The second kappa shape index (κ2) is 5.15. The molecule has 0 radical (unpaired) electrons. The van der Waals surface area contributed by atoms with Crippen LogP contribution in [0.2, 0.25) is 0 Å². The third-order valence-corrected chi connectivity index (χ3v) is 4.24. The molecule has 0 spiro atoms. The molecule has 7 heteroatoms. The highest BCUT2D eigenvalue weighted by Gasteiger charge is 2.13. The second-order valence-corrected chi connectivity index (χ2v) is 6.33. The Morgan fingerprint density at radius 3 is 2.59 bits per heavy atom. The maximum atomic E-state index is 11.9. The summed E-state index contributed by atoms with van der Waals surface area (Å²) in [6.45, 7) is 0.154. The van der Waals surface area contributed by atoms with Gasteiger partial charge in [0.1, 0.15) is 5.82 Å². The van der Waals surface area contributed by atoms with Gasteiger partial charge in [-0.05, 0) is 46.9 Å². The van der Waals surface area contributed by atoms with Gasteiger partial charge in [-0.3, -0.25) is 0 Å². The molecular weight excluding hydrogens is 353 g/mol. The minimum atomic E-state index is -3.47. The minimum absolute atomic E-state index is 0.154. The topological polar surface area (TPSA) is 74.8 Å². The molecule has 90 valence electrons. The zero-order valence-electron chi connectivity index (χ0n) is 8.72. The molecule has 1 aromatic heterocycles. The van der Waals surface area contributed by atoms with Crippen molar-refractivity contribution in [2.24, 2.45) is 0 Å². The van der Waals surface area contributed by atoms with Gasteiger partial charge in [0.05, 0.1) is 11.4 Å². The molecule has 0 saturated carbocycles. The van der Waals surface area contributed by atoms with Crippen LogP contribution in [-0.2, 0) is 16.6 Å². The molecule has 5 nitrogen and oxygen atoms in total. The largest absolute Gasteiger partial charge is 0.347 e. The van der Waals surface area contributed by atoms with Crippen LogP contribution in [0.15, 0.2) is 41.6 Å². The van der Waals surface area contributed by atoms with Crippen molar-refractivity contribution in [3.05, 3.63) is 46.1 Å². The lowest BCUT2D eigenvalue weighted by atomic mass is 10.4. The first-order valence-electron chi connectivity index (χ1n) is 4.81. The minimum Gasteiger partial charge on any atom is -0.347 e. The van der Waals surface area contributed by atoms with Gasteiger partial charge in [0.2, 0.25) is 10.0 Å². The fourth-order valence-corrected chi connectivity index (χ4v) is 2.60. The van der Waals surface area contributed by atoms with Crippen molar-refractivity contribution in [2.75, 3.05) is 0 Å². The van der Waals surface area contributed by atoms with E-state index in [4.69, 9.17) is 0 Å². The van der Waals surface area contributed by atoms with Crippen LogP contribution in [0.1, 0.15) is 5.82 Å². The summed E-state index contributed by atoms with van der Waals surface area (Å²) in [5.74, 6) is 0.582. The number of hydrogen-bond donors (Lipinski definition) is 2. The van der Waals surface area contributed by atoms with Gasteiger partial charge in [-0.25, -0.2) is 18.1 Å². The number of aromatic amines is 1. The predicted molar refractivity (Wildman–Crippen MR) is 71.8 cm³/mol. The van der Waals surface area contributed by atoms with Gasteiger partial charge in [0, 0.05) is 16.0 Å². The smallest absolute Gasteiger partial charge is 0.240 e. The third kappa shape index (κ3) is 3.27. The number of imidazole rings is 1. The maximum absolute atomic E-state index is 11.9. The first kappa shape index (κ1) is 12.5. The number of rotatable bonds is 4. The number of aromatic nitrogens is 2. The van der Waals surface area contributed by atoms with E-state index >= 15 is 0 Å². The molecule has 2 aromatic rings. The molecule has 17 heavy (non-hydrogen) atoms. The molecule has 1 heterocycles. The molecule has 0 aliphatic heterocycles. The molecule has 0 amide bonds. The van der Waals surface area contributed by atoms with Crippen molar-refractivity contribution < 1.29 is 8.42 Å². The number of nitrogens with zero attached hydrogens (tertiary/aromatic N) is 1. The fourth-order valence-electron chi connectivity index (χ4n) is 1.26. The van der Waals surface area contributed by atoms with Gasteiger partial charge in [-0.15, -0.1) is 0 Å². The standard InChI is InChI=1S/C10H10IN3O2S/c11-8-1-3-9(4-2-8)17(15,16)14-7-10-12-5-6-13-10/h1-6,14H,7H2,(H,12,13). The van der Waals surface area contributed by atoms with Crippen molar-refractivity contribution in [3.8, 4) is 0 Å². The maximum Gasteiger partial charge on any atom is 0.240 e. The molecule has 1 aromatic carbocycles. The average Bonchev–Trinajstić information content (AvgIpc) is 2.80. The Balaban J connectivity index is 2.11. The zero-order valence-corrected chi connectivity index (χ0v) is 11.7. The Morgan fingerprint density at radius 2 is 2.00 bits per heavy atom. The summed E-state index contributed by atoms with van der Waals surface area (Å²) in [5.41, 5.74) is 0. The highest BCUT2D eigenvalue weighted by atomic mass is 127. The molecule has 0 atom stereocenters. The molecule has 2 rings (SSSR count). The van der Waals surface area contributed by atoms with Gasteiger partial charge >= 0.3 is 0 Å². The number of benzene rings is 1. The van der Waals surface area contributed by atoms with E-state index in [2.05, 4.69) is 37.3 Å². The Bertz CT molecular complexity index is 579. The highest BCUT2D eigenvalue weighted by Crippen LogP contribution is 2.12. The quantitative estimate of drug-likeness (QED) is 0.809. The first-order chi connectivity index (χ1) is 8.08. The molecule has 0 aliphatic rings. The first-order valence-corrected chi connectivity index (χ1v) is 7.37. The third-order valence-electron chi connectivity index (χ3n) is 2.11. The number of halogens is 1. The summed E-state index contributed by atoms with van der Waals surface area (Å²) < 4.78 is 27.2. The Morgan fingerprint density at radius 1 is 1.29 bits per heavy atom. The molecule has 0 unspecified atom stereocenters. The Labute approximate surface area is 113 Å². The lowest BCUT2D eigenvalue weighted by molar-refractivity contribution is 0.579. The van der Waals surface area contributed by atoms with E-state index < -0.39 is 10.0 Å². The summed E-state index contributed by atoms with van der Waals surface area (Å²) in [5, 5.41) is 0. The van der Waals surface area contributed by atoms with Crippen molar-refractivity contribution in [1.82, 2.24) is 14.7 Å². The predicted octanol–water partition coefficient (Wildman–Crippen LogP) is 1.49. The second-order valence-electron chi connectivity index (χ2n) is 3.31. The molecule has 2 N–H and O–H groups in total. The van der Waals surface area contributed by atoms with Crippen LogP contribution in [0.3, 0.4) is 0 Å². The van der Waals surface area contributed by atoms with Gasteiger partial charge in [0.15, 0.2) is 0 Å². The van der Waals surface area contributed by atoms with Gasteiger partial charge in [0.25, 0.3) is 0 Å². The van der Waals surface area contributed by atoms with Crippen LogP contribution >= 0.6 is 22.6 Å². The van der Waals surface area contributed by atoms with Crippen LogP contribution in [-0.4, -0.2) is 18.4 Å². The van der Waals surface area contributed by atoms with Crippen LogP contribution in [0.4, 0.5) is 0 Å². The normalized spacial score (nSPS) is 11.6.